The Morgan fingerprint density at radius 1 is 1.00 bits per heavy atom. The predicted molar refractivity (Wildman–Crippen MR) is 61.1 cm³/mol. The van der Waals surface area contributed by atoms with Gasteiger partial charge in [0.25, 0.3) is 0 Å². The molecule has 0 aliphatic heterocycles. The molecule has 0 N–H and O–H groups in total. The highest BCUT2D eigenvalue weighted by atomic mass is 19.4. The lowest BCUT2D eigenvalue weighted by Crippen LogP contribution is -2.05. The molecule has 0 spiro atoms. The van der Waals surface area contributed by atoms with Crippen LogP contribution in [0.3, 0.4) is 0 Å². The number of aromatic nitrogens is 1. The highest BCUT2D eigenvalue weighted by Gasteiger charge is 2.31. The van der Waals surface area contributed by atoms with Gasteiger partial charge in [-0.3, -0.25) is 0 Å². The number of alkyl halides is 3. The maximum atomic E-state index is 13.6. The highest BCUT2D eigenvalue weighted by molar-refractivity contribution is 5.71. The third-order valence-electron chi connectivity index (χ3n) is 2.63. The Labute approximate surface area is 110 Å². The van der Waals surface area contributed by atoms with Gasteiger partial charge in [0.05, 0.1) is 12.7 Å². The number of ether oxygens (including phenoxy) is 1. The van der Waals surface area contributed by atoms with Gasteiger partial charge >= 0.3 is 6.18 Å². The van der Waals surface area contributed by atoms with Crippen LogP contribution in [0.15, 0.2) is 30.3 Å². The summed E-state index contributed by atoms with van der Waals surface area (Å²) < 4.78 is 69.3. The number of rotatable bonds is 2. The predicted octanol–water partition coefficient (Wildman–Crippen LogP) is 4.05. The summed E-state index contributed by atoms with van der Waals surface area (Å²) in [6, 6.07) is 4.49. The molecular weight excluding hydrogens is 281 g/mol. The Bertz CT molecular complexity index is 639. The van der Waals surface area contributed by atoms with Gasteiger partial charge in [-0.25, -0.2) is 0 Å². The second-order valence-electron chi connectivity index (χ2n) is 3.89. The first-order valence-electron chi connectivity index (χ1n) is 5.40. The van der Waals surface area contributed by atoms with E-state index in [0.717, 1.165) is 30.3 Å². The SMILES string of the molecule is COc1ccc(C(F)(F)F)cc1-c1ccc(F)nc1F. The first kappa shape index (κ1) is 14.2. The van der Waals surface area contributed by atoms with Crippen molar-refractivity contribution in [3.63, 3.8) is 0 Å². The molecule has 1 aromatic heterocycles. The van der Waals surface area contributed by atoms with E-state index in [9.17, 15) is 22.0 Å². The van der Waals surface area contributed by atoms with E-state index in [4.69, 9.17) is 4.74 Å². The fourth-order valence-electron chi connectivity index (χ4n) is 1.71. The van der Waals surface area contributed by atoms with E-state index in [1.165, 1.54) is 7.11 Å². The first-order chi connectivity index (χ1) is 9.32. The van der Waals surface area contributed by atoms with E-state index in [-0.39, 0.29) is 16.9 Å². The number of halogens is 5. The van der Waals surface area contributed by atoms with E-state index < -0.39 is 23.6 Å². The molecular formula is C13H8F5NO. The van der Waals surface area contributed by atoms with E-state index in [0.29, 0.717) is 0 Å². The third-order valence-corrected chi connectivity index (χ3v) is 2.63. The number of nitrogens with zero attached hydrogens (tertiary/aromatic N) is 1. The monoisotopic (exact) mass is 289 g/mol. The maximum Gasteiger partial charge on any atom is 0.416 e. The quantitative estimate of drug-likeness (QED) is 0.614. The first-order valence-corrected chi connectivity index (χ1v) is 5.40. The average Bonchev–Trinajstić information content (AvgIpc) is 2.37. The van der Waals surface area contributed by atoms with Crippen LogP contribution in [-0.4, -0.2) is 12.1 Å². The van der Waals surface area contributed by atoms with Gasteiger partial charge in [-0.2, -0.15) is 26.9 Å². The molecule has 20 heavy (non-hydrogen) atoms. The van der Waals surface area contributed by atoms with Gasteiger partial charge in [0.15, 0.2) is 0 Å². The van der Waals surface area contributed by atoms with Gasteiger partial charge < -0.3 is 4.74 Å². The highest BCUT2D eigenvalue weighted by Crippen LogP contribution is 2.37. The lowest BCUT2D eigenvalue weighted by Gasteiger charge is -2.13. The van der Waals surface area contributed by atoms with Crippen LogP contribution in [-0.2, 0) is 6.18 Å². The summed E-state index contributed by atoms with van der Waals surface area (Å²) in [5.41, 5.74) is -1.38. The lowest BCUT2D eigenvalue weighted by molar-refractivity contribution is -0.137. The van der Waals surface area contributed by atoms with Crippen molar-refractivity contribution in [2.45, 2.75) is 6.18 Å². The van der Waals surface area contributed by atoms with E-state index in [1.807, 2.05) is 0 Å². The van der Waals surface area contributed by atoms with Crippen molar-refractivity contribution in [2.75, 3.05) is 7.11 Å². The minimum atomic E-state index is -4.58. The summed E-state index contributed by atoms with van der Waals surface area (Å²) >= 11 is 0. The molecule has 0 bridgehead atoms. The molecule has 0 aliphatic carbocycles. The molecule has 2 rings (SSSR count). The Balaban J connectivity index is 2.64. The summed E-state index contributed by atoms with van der Waals surface area (Å²) in [5.74, 6) is -2.23. The number of methoxy groups -OCH3 is 1. The molecule has 0 aliphatic rings. The Hall–Kier alpha value is -2.18. The van der Waals surface area contributed by atoms with Gasteiger partial charge in [0, 0.05) is 11.1 Å². The van der Waals surface area contributed by atoms with Gasteiger partial charge in [-0.1, -0.05) is 0 Å². The van der Waals surface area contributed by atoms with Crippen LogP contribution in [0, 0.1) is 11.9 Å². The minimum Gasteiger partial charge on any atom is -0.496 e. The van der Waals surface area contributed by atoms with Crippen molar-refractivity contribution in [3.8, 4) is 16.9 Å². The van der Waals surface area contributed by atoms with Crippen molar-refractivity contribution >= 4 is 0 Å². The van der Waals surface area contributed by atoms with Crippen LogP contribution in [0.25, 0.3) is 11.1 Å². The van der Waals surface area contributed by atoms with Crippen LogP contribution in [0.5, 0.6) is 5.75 Å². The summed E-state index contributed by atoms with van der Waals surface area (Å²) in [6.45, 7) is 0. The zero-order chi connectivity index (χ0) is 14.9. The van der Waals surface area contributed by atoms with E-state index in [2.05, 4.69) is 4.98 Å². The fourth-order valence-corrected chi connectivity index (χ4v) is 1.71. The standard InChI is InChI=1S/C13H8F5NO/c1-20-10-4-2-7(13(16,17)18)6-9(10)8-3-5-11(14)19-12(8)15/h2-6H,1H3. The molecule has 0 fully saturated rings. The smallest absolute Gasteiger partial charge is 0.416 e. The van der Waals surface area contributed by atoms with Crippen molar-refractivity contribution in [3.05, 3.63) is 47.8 Å². The fraction of sp³-hybridized carbons (Fsp3) is 0.154. The number of benzene rings is 1. The van der Waals surface area contributed by atoms with E-state index in [1.54, 1.807) is 0 Å². The second-order valence-corrected chi connectivity index (χ2v) is 3.89. The number of pyridine rings is 1. The van der Waals surface area contributed by atoms with Crippen molar-refractivity contribution < 1.29 is 26.7 Å². The minimum absolute atomic E-state index is 0.0327. The molecule has 0 unspecified atom stereocenters. The molecule has 0 saturated heterocycles. The summed E-state index contributed by atoms with van der Waals surface area (Å²) in [7, 11) is 1.24. The molecule has 1 aromatic carbocycles. The largest absolute Gasteiger partial charge is 0.496 e. The molecule has 106 valence electrons. The molecule has 0 radical (unpaired) electrons. The lowest BCUT2D eigenvalue weighted by atomic mass is 10.0. The molecule has 2 aromatic rings. The van der Waals surface area contributed by atoms with Crippen LogP contribution < -0.4 is 4.74 Å². The summed E-state index contributed by atoms with van der Waals surface area (Å²) in [5, 5.41) is 0. The maximum absolute atomic E-state index is 13.6. The van der Waals surface area contributed by atoms with Gasteiger partial charge in [-0.15, -0.1) is 0 Å². The Kier molecular flexibility index (Phi) is 3.61. The Morgan fingerprint density at radius 3 is 2.25 bits per heavy atom. The van der Waals surface area contributed by atoms with Gasteiger partial charge in [0.1, 0.15) is 5.75 Å². The summed E-state index contributed by atoms with van der Waals surface area (Å²) in [4.78, 5) is 2.95. The third kappa shape index (κ3) is 2.71. The topological polar surface area (TPSA) is 22.1 Å². The van der Waals surface area contributed by atoms with Crippen molar-refractivity contribution in [1.29, 1.82) is 0 Å². The normalized spacial score (nSPS) is 11.5. The van der Waals surface area contributed by atoms with Crippen LogP contribution >= 0.6 is 0 Å². The van der Waals surface area contributed by atoms with Crippen LogP contribution in [0.1, 0.15) is 5.56 Å². The van der Waals surface area contributed by atoms with Crippen molar-refractivity contribution in [2.24, 2.45) is 0 Å². The molecule has 7 heteroatoms. The van der Waals surface area contributed by atoms with Crippen molar-refractivity contribution in [1.82, 2.24) is 4.98 Å². The number of hydrogen-bond acceptors (Lipinski definition) is 2. The van der Waals surface area contributed by atoms with Crippen LogP contribution in [0.2, 0.25) is 0 Å². The molecule has 2 nitrogen and oxygen atoms in total. The molecule has 0 amide bonds. The zero-order valence-electron chi connectivity index (χ0n) is 10.1. The van der Waals surface area contributed by atoms with E-state index >= 15 is 0 Å². The number of hydrogen-bond donors (Lipinski definition) is 0. The van der Waals surface area contributed by atoms with Gasteiger partial charge in [-0.05, 0) is 30.3 Å². The molecule has 0 atom stereocenters. The Morgan fingerprint density at radius 2 is 1.70 bits per heavy atom. The second kappa shape index (κ2) is 5.07. The molecule has 0 saturated carbocycles. The zero-order valence-corrected chi connectivity index (χ0v) is 10.1. The molecule has 1 heterocycles. The summed E-state index contributed by atoms with van der Waals surface area (Å²) in [6.07, 6.45) is -4.58. The van der Waals surface area contributed by atoms with Gasteiger partial charge in [0.2, 0.25) is 11.9 Å². The average molecular weight is 289 g/mol. The van der Waals surface area contributed by atoms with Crippen LogP contribution in [0.4, 0.5) is 22.0 Å².